The molecule has 1 aromatic heterocycles. The fourth-order valence-corrected chi connectivity index (χ4v) is 1.87. The molecule has 21 heavy (non-hydrogen) atoms. The fraction of sp³-hybridized carbons (Fsp3) is 0.231. The summed E-state index contributed by atoms with van der Waals surface area (Å²) in [5.41, 5.74) is 1.36. The number of aliphatic carboxylic acids is 1. The number of ether oxygens (including phenoxy) is 1. The summed E-state index contributed by atoms with van der Waals surface area (Å²) in [7, 11) is 1.44. The van der Waals surface area contributed by atoms with Crippen molar-refractivity contribution >= 4 is 11.9 Å². The van der Waals surface area contributed by atoms with Gasteiger partial charge in [0.1, 0.15) is 5.69 Å². The van der Waals surface area contributed by atoms with E-state index < -0.39 is 11.9 Å². The van der Waals surface area contributed by atoms with E-state index >= 15 is 0 Å². The zero-order valence-electron chi connectivity index (χ0n) is 11.2. The van der Waals surface area contributed by atoms with E-state index in [4.69, 9.17) is 14.9 Å². The number of carboxylic acids is 2. The number of aromatic nitrogens is 3. The zero-order chi connectivity index (χ0) is 15.4. The normalized spacial score (nSPS) is 10.5. The van der Waals surface area contributed by atoms with E-state index in [-0.39, 0.29) is 18.7 Å². The van der Waals surface area contributed by atoms with Crippen LogP contribution < -0.4 is 0 Å². The van der Waals surface area contributed by atoms with Crippen molar-refractivity contribution in [2.45, 2.75) is 13.0 Å². The quantitative estimate of drug-likeness (QED) is 0.806. The third-order valence-corrected chi connectivity index (χ3v) is 2.78. The smallest absolute Gasteiger partial charge is 0.358 e. The van der Waals surface area contributed by atoms with Gasteiger partial charge in [0, 0.05) is 7.11 Å². The highest BCUT2D eigenvalue weighted by Crippen LogP contribution is 2.15. The van der Waals surface area contributed by atoms with E-state index in [1.54, 1.807) is 24.3 Å². The SMILES string of the molecule is COCc1c(C(=O)O)nnn1-c1ccc(CC(=O)O)cc1. The van der Waals surface area contributed by atoms with E-state index in [0.29, 0.717) is 16.9 Å². The van der Waals surface area contributed by atoms with Crippen molar-refractivity contribution < 1.29 is 24.5 Å². The number of methoxy groups -OCH3 is 1. The highest BCUT2D eigenvalue weighted by atomic mass is 16.5. The molecule has 0 saturated heterocycles. The van der Waals surface area contributed by atoms with Gasteiger partial charge in [0.15, 0.2) is 5.69 Å². The zero-order valence-corrected chi connectivity index (χ0v) is 11.2. The van der Waals surface area contributed by atoms with Crippen molar-refractivity contribution in [3.05, 3.63) is 41.2 Å². The Morgan fingerprint density at radius 3 is 2.43 bits per heavy atom. The maximum absolute atomic E-state index is 11.1. The minimum Gasteiger partial charge on any atom is -0.481 e. The average molecular weight is 291 g/mol. The summed E-state index contributed by atoms with van der Waals surface area (Å²) >= 11 is 0. The van der Waals surface area contributed by atoms with Gasteiger partial charge in [-0.2, -0.15) is 0 Å². The lowest BCUT2D eigenvalue weighted by molar-refractivity contribution is -0.136. The number of aromatic carboxylic acids is 1. The summed E-state index contributed by atoms with van der Waals surface area (Å²) in [5.74, 6) is -2.10. The van der Waals surface area contributed by atoms with Gasteiger partial charge in [-0.15, -0.1) is 5.10 Å². The van der Waals surface area contributed by atoms with Crippen LogP contribution in [0.3, 0.4) is 0 Å². The van der Waals surface area contributed by atoms with Crippen molar-refractivity contribution in [2.24, 2.45) is 0 Å². The topological polar surface area (TPSA) is 115 Å². The minimum atomic E-state index is -1.18. The molecule has 2 rings (SSSR count). The number of carboxylic acid groups (broad SMARTS) is 2. The number of hydrogen-bond acceptors (Lipinski definition) is 5. The number of nitrogens with zero attached hydrogens (tertiary/aromatic N) is 3. The van der Waals surface area contributed by atoms with Gasteiger partial charge < -0.3 is 14.9 Å². The molecule has 0 atom stereocenters. The molecular formula is C13H13N3O5. The molecule has 2 N–H and O–H groups in total. The number of carbonyl (C=O) groups is 2. The second kappa shape index (κ2) is 6.14. The Morgan fingerprint density at radius 2 is 1.90 bits per heavy atom. The van der Waals surface area contributed by atoms with Gasteiger partial charge in [-0.3, -0.25) is 4.79 Å². The van der Waals surface area contributed by atoms with Gasteiger partial charge in [-0.05, 0) is 17.7 Å². The van der Waals surface area contributed by atoms with E-state index in [1.807, 2.05) is 0 Å². The Morgan fingerprint density at radius 1 is 1.24 bits per heavy atom. The Labute approximate surface area is 119 Å². The molecule has 1 heterocycles. The van der Waals surface area contributed by atoms with Gasteiger partial charge >= 0.3 is 11.9 Å². The lowest BCUT2D eigenvalue weighted by Crippen LogP contribution is -2.08. The molecule has 110 valence electrons. The van der Waals surface area contributed by atoms with Crippen LogP contribution in [0.25, 0.3) is 5.69 Å². The highest BCUT2D eigenvalue weighted by Gasteiger charge is 2.19. The molecule has 2 aromatic rings. The minimum absolute atomic E-state index is 0.0471. The molecule has 0 fully saturated rings. The molecule has 0 aliphatic rings. The summed E-state index contributed by atoms with van der Waals surface area (Å²) in [4.78, 5) is 21.7. The van der Waals surface area contributed by atoms with E-state index in [1.165, 1.54) is 11.8 Å². The Hall–Kier alpha value is -2.74. The van der Waals surface area contributed by atoms with Crippen LogP contribution in [0.15, 0.2) is 24.3 Å². The Bertz CT molecular complexity index is 663. The predicted molar refractivity (Wildman–Crippen MR) is 70.4 cm³/mol. The number of benzene rings is 1. The number of hydrogen-bond donors (Lipinski definition) is 2. The third-order valence-electron chi connectivity index (χ3n) is 2.78. The molecule has 1 aromatic carbocycles. The van der Waals surface area contributed by atoms with Crippen molar-refractivity contribution in [2.75, 3.05) is 7.11 Å². The molecule has 8 heteroatoms. The van der Waals surface area contributed by atoms with Crippen molar-refractivity contribution in [3.8, 4) is 5.69 Å². The molecule has 0 unspecified atom stereocenters. The first kappa shape index (κ1) is 14.7. The first-order valence-electron chi connectivity index (χ1n) is 6.01. The van der Waals surface area contributed by atoms with Gasteiger partial charge in [0.2, 0.25) is 0 Å². The third kappa shape index (κ3) is 3.23. The highest BCUT2D eigenvalue weighted by molar-refractivity contribution is 5.86. The summed E-state index contributed by atoms with van der Waals surface area (Å²) < 4.78 is 6.33. The number of rotatable bonds is 6. The van der Waals surface area contributed by atoms with E-state index in [9.17, 15) is 9.59 Å². The fourth-order valence-electron chi connectivity index (χ4n) is 1.87. The predicted octanol–water partition coefficient (Wildman–Crippen LogP) is 0.739. The maximum Gasteiger partial charge on any atom is 0.358 e. The monoisotopic (exact) mass is 291 g/mol. The molecule has 0 saturated carbocycles. The largest absolute Gasteiger partial charge is 0.481 e. The molecule has 0 aliphatic carbocycles. The van der Waals surface area contributed by atoms with Crippen LogP contribution in [-0.4, -0.2) is 44.3 Å². The standard InChI is InChI=1S/C13H13N3O5/c1-21-7-10-12(13(19)20)14-15-16(10)9-4-2-8(3-5-9)6-11(17)18/h2-5H,6-7H2,1H3,(H,17,18)(H,19,20). The van der Waals surface area contributed by atoms with Crippen molar-refractivity contribution in [3.63, 3.8) is 0 Å². The molecule has 0 radical (unpaired) electrons. The molecule has 0 bridgehead atoms. The molecule has 8 nitrogen and oxygen atoms in total. The average Bonchev–Trinajstić information content (AvgIpc) is 2.83. The Balaban J connectivity index is 2.37. The van der Waals surface area contributed by atoms with Crippen LogP contribution in [0.2, 0.25) is 0 Å². The molecule has 0 aliphatic heterocycles. The van der Waals surface area contributed by atoms with E-state index in [0.717, 1.165) is 0 Å². The summed E-state index contributed by atoms with van der Waals surface area (Å²) in [6, 6.07) is 6.58. The van der Waals surface area contributed by atoms with Crippen molar-refractivity contribution in [1.29, 1.82) is 0 Å². The van der Waals surface area contributed by atoms with E-state index in [2.05, 4.69) is 10.3 Å². The molecule has 0 amide bonds. The lowest BCUT2D eigenvalue weighted by atomic mass is 10.1. The summed E-state index contributed by atoms with van der Waals surface area (Å²) in [6.45, 7) is 0.0471. The molecular weight excluding hydrogens is 278 g/mol. The first-order valence-corrected chi connectivity index (χ1v) is 6.01. The van der Waals surface area contributed by atoms with Crippen LogP contribution >= 0.6 is 0 Å². The van der Waals surface area contributed by atoms with Crippen molar-refractivity contribution in [1.82, 2.24) is 15.0 Å². The van der Waals surface area contributed by atoms with Gasteiger partial charge in [0.05, 0.1) is 18.7 Å². The summed E-state index contributed by atoms with van der Waals surface area (Å²) in [5, 5.41) is 25.2. The van der Waals surface area contributed by atoms with Crippen LogP contribution in [0, 0.1) is 0 Å². The van der Waals surface area contributed by atoms with Crippen LogP contribution in [0.1, 0.15) is 21.7 Å². The van der Waals surface area contributed by atoms with Gasteiger partial charge in [-0.25, -0.2) is 9.48 Å². The lowest BCUT2D eigenvalue weighted by Gasteiger charge is -2.07. The van der Waals surface area contributed by atoms with Gasteiger partial charge in [-0.1, -0.05) is 17.3 Å². The maximum atomic E-state index is 11.1. The van der Waals surface area contributed by atoms with Crippen LogP contribution in [0.5, 0.6) is 0 Å². The van der Waals surface area contributed by atoms with Crippen LogP contribution in [-0.2, 0) is 22.6 Å². The first-order chi connectivity index (χ1) is 10.0. The Kier molecular flexibility index (Phi) is 4.29. The second-order valence-electron chi connectivity index (χ2n) is 4.27. The summed E-state index contributed by atoms with van der Waals surface area (Å²) in [6.07, 6.45) is -0.0804. The van der Waals surface area contributed by atoms with Gasteiger partial charge in [0.25, 0.3) is 0 Å². The second-order valence-corrected chi connectivity index (χ2v) is 4.27. The van der Waals surface area contributed by atoms with Crippen LogP contribution in [0.4, 0.5) is 0 Å². The molecule has 0 spiro atoms.